The van der Waals surface area contributed by atoms with E-state index in [1.165, 1.54) is 6.33 Å². The van der Waals surface area contributed by atoms with E-state index in [2.05, 4.69) is 21.3 Å². The van der Waals surface area contributed by atoms with Crippen molar-refractivity contribution in [3.05, 3.63) is 88.6 Å². The van der Waals surface area contributed by atoms with E-state index < -0.39 is 5.92 Å². The number of nitriles is 1. The summed E-state index contributed by atoms with van der Waals surface area (Å²) in [4.78, 5) is 19.5. The number of Topliss-reactive ketones (excluding diaryl/α,β-unsaturated/α-hetero) is 1. The fourth-order valence-electron chi connectivity index (χ4n) is 5.11. The Morgan fingerprint density at radius 3 is 2.65 bits per heavy atom. The Labute approximate surface area is 215 Å². The van der Waals surface area contributed by atoms with Crippen LogP contribution >= 0.6 is 0 Å². The van der Waals surface area contributed by atoms with Crippen molar-refractivity contribution in [1.82, 2.24) is 15.2 Å². The van der Waals surface area contributed by atoms with Gasteiger partial charge in [0.1, 0.15) is 18.8 Å². The number of nitrogens with zero attached hydrogens (tertiary/aromatic N) is 4. The third-order valence-electron chi connectivity index (χ3n) is 6.75. The van der Waals surface area contributed by atoms with Crippen molar-refractivity contribution in [1.29, 1.82) is 5.26 Å². The molecule has 0 saturated heterocycles. The predicted octanol–water partition coefficient (Wildman–Crippen LogP) is 4.33. The average molecular weight is 497 g/mol. The van der Waals surface area contributed by atoms with Crippen LogP contribution in [0.3, 0.4) is 0 Å². The number of methoxy groups -OCH3 is 1. The van der Waals surface area contributed by atoms with E-state index in [4.69, 9.17) is 15.2 Å². The molecular formula is C28H28N6O3. The molecule has 3 aromatic rings. The standard InChI is InChI=1S/C28H28N6O3/c1-28(2)12-20-25(21(35)13-28)24(19(14-29)26(30)34(20)27-31-16-32-33-27)18-9-10-22(23(11-18)36-3)37-15-17-7-5-4-6-8-17/h4-11,16,24H,12-13,15,30H2,1-3H3,(H,31,32,33)/t24-/m0/s1. The lowest BCUT2D eigenvalue weighted by Gasteiger charge is -2.42. The molecule has 2 heterocycles. The van der Waals surface area contributed by atoms with Crippen LogP contribution in [0.5, 0.6) is 11.5 Å². The molecule has 0 radical (unpaired) electrons. The Kier molecular flexibility index (Phi) is 6.17. The van der Waals surface area contributed by atoms with Crippen molar-refractivity contribution in [2.75, 3.05) is 12.0 Å². The molecule has 1 aliphatic carbocycles. The molecule has 3 N–H and O–H groups in total. The van der Waals surface area contributed by atoms with E-state index in [1.54, 1.807) is 12.0 Å². The summed E-state index contributed by atoms with van der Waals surface area (Å²) in [6, 6.07) is 17.6. The molecule has 1 aliphatic heterocycles. The summed E-state index contributed by atoms with van der Waals surface area (Å²) in [5.74, 6) is 0.993. The number of allylic oxidation sites excluding steroid dienone is 3. The number of carbonyl (C=O) groups is 1. The van der Waals surface area contributed by atoms with Gasteiger partial charge in [-0.05, 0) is 35.1 Å². The van der Waals surface area contributed by atoms with E-state index >= 15 is 0 Å². The number of ketones is 1. The molecule has 5 rings (SSSR count). The zero-order valence-electron chi connectivity index (χ0n) is 21.0. The molecule has 0 unspecified atom stereocenters. The number of benzene rings is 2. The molecule has 1 aromatic heterocycles. The van der Waals surface area contributed by atoms with Gasteiger partial charge in [0.05, 0.1) is 24.7 Å². The van der Waals surface area contributed by atoms with Crippen molar-refractivity contribution >= 4 is 11.7 Å². The minimum Gasteiger partial charge on any atom is -0.493 e. The fraction of sp³-hybridized carbons (Fsp3) is 0.286. The quantitative estimate of drug-likeness (QED) is 0.516. The molecule has 0 bridgehead atoms. The number of ether oxygens (including phenoxy) is 2. The lowest BCUT2D eigenvalue weighted by molar-refractivity contribution is -0.118. The molecule has 2 aromatic carbocycles. The highest BCUT2D eigenvalue weighted by molar-refractivity contribution is 6.01. The molecule has 0 saturated carbocycles. The lowest BCUT2D eigenvalue weighted by atomic mass is 9.68. The van der Waals surface area contributed by atoms with E-state index in [0.717, 1.165) is 16.8 Å². The Morgan fingerprint density at radius 2 is 1.97 bits per heavy atom. The molecule has 9 nitrogen and oxygen atoms in total. The number of rotatable bonds is 6. The first-order valence-electron chi connectivity index (χ1n) is 12.0. The highest BCUT2D eigenvalue weighted by atomic mass is 16.5. The molecular weight excluding hydrogens is 468 g/mol. The minimum absolute atomic E-state index is 0.0237. The zero-order valence-corrected chi connectivity index (χ0v) is 21.0. The van der Waals surface area contributed by atoms with Crippen molar-refractivity contribution in [3.8, 4) is 17.6 Å². The molecule has 9 heteroatoms. The summed E-state index contributed by atoms with van der Waals surface area (Å²) in [7, 11) is 1.56. The molecule has 0 amide bonds. The summed E-state index contributed by atoms with van der Waals surface area (Å²) in [6.07, 6.45) is 2.32. The van der Waals surface area contributed by atoms with Gasteiger partial charge in [0.2, 0.25) is 5.95 Å². The van der Waals surface area contributed by atoms with Crippen molar-refractivity contribution in [2.45, 2.75) is 39.2 Å². The highest BCUT2D eigenvalue weighted by Gasteiger charge is 2.45. The monoisotopic (exact) mass is 496 g/mol. The van der Waals surface area contributed by atoms with Crippen LogP contribution in [0, 0.1) is 16.7 Å². The van der Waals surface area contributed by atoms with E-state index in [-0.39, 0.29) is 22.6 Å². The van der Waals surface area contributed by atoms with Gasteiger partial charge >= 0.3 is 0 Å². The van der Waals surface area contributed by atoms with Crippen LogP contribution in [-0.4, -0.2) is 28.1 Å². The van der Waals surface area contributed by atoms with Crippen LogP contribution in [0.25, 0.3) is 0 Å². The number of aromatic amines is 1. The van der Waals surface area contributed by atoms with Crippen LogP contribution < -0.4 is 20.1 Å². The summed E-state index contributed by atoms with van der Waals surface area (Å²) >= 11 is 0. The predicted molar refractivity (Wildman–Crippen MR) is 137 cm³/mol. The molecule has 0 fully saturated rings. The Morgan fingerprint density at radius 1 is 1.19 bits per heavy atom. The average Bonchev–Trinajstić information content (AvgIpc) is 3.41. The first-order chi connectivity index (χ1) is 17.8. The number of anilines is 1. The number of hydrogen-bond acceptors (Lipinski definition) is 8. The summed E-state index contributed by atoms with van der Waals surface area (Å²) in [5.41, 5.74) is 9.61. The van der Waals surface area contributed by atoms with Gasteiger partial charge < -0.3 is 15.2 Å². The number of carbonyl (C=O) groups excluding carboxylic acids is 1. The summed E-state index contributed by atoms with van der Waals surface area (Å²) < 4.78 is 11.7. The highest BCUT2D eigenvalue weighted by Crippen LogP contribution is 2.50. The zero-order chi connectivity index (χ0) is 26.2. The first-order valence-corrected chi connectivity index (χ1v) is 12.0. The van der Waals surface area contributed by atoms with Gasteiger partial charge in [0.15, 0.2) is 17.3 Å². The maximum Gasteiger partial charge on any atom is 0.231 e. The second-order valence-electron chi connectivity index (χ2n) is 9.97. The number of aromatic nitrogens is 3. The maximum absolute atomic E-state index is 13.6. The number of nitrogens with two attached hydrogens (primary N) is 1. The van der Waals surface area contributed by atoms with Crippen LogP contribution in [0.2, 0.25) is 0 Å². The van der Waals surface area contributed by atoms with Crippen molar-refractivity contribution in [3.63, 3.8) is 0 Å². The fourth-order valence-corrected chi connectivity index (χ4v) is 5.11. The number of hydrogen-bond donors (Lipinski definition) is 2. The Hall–Kier alpha value is -4.58. The van der Waals surface area contributed by atoms with Gasteiger partial charge in [-0.15, -0.1) is 0 Å². The van der Waals surface area contributed by atoms with Crippen molar-refractivity contribution < 1.29 is 14.3 Å². The Bertz CT molecular complexity index is 1430. The molecule has 37 heavy (non-hydrogen) atoms. The van der Waals surface area contributed by atoms with Gasteiger partial charge in [0, 0.05) is 17.7 Å². The second kappa shape index (κ2) is 9.47. The van der Waals surface area contributed by atoms with Crippen LogP contribution in [0.4, 0.5) is 5.95 Å². The van der Waals surface area contributed by atoms with Crippen LogP contribution in [-0.2, 0) is 11.4 Å². The third-order valence-corrected chi connectivity index (χ3v) is 6.75. The molecule has 0 spiro atoms. The van der Waals surface area contributed by atoms with Crippen molar-refractivity contribution in [2.24, 2.45) is 11.1 Å². The second-order valence-corrected chi connectivity index (χ2v) is 9.97. The largest absolute Gasteiger partial charge is 0.493 e. The molecule has 1 atom stereocenters. The van der Waals surface area contributed by atoms with Crippen LogP contribution in [0.1, 0.15) is 43.7 Å². The van der Waals surface area contributed by atoms with Gasteiger partial charge in [-0.1, -0.05) is 50.2 Å². The normalized spacial score (nSPS) is 18.9. The minimum atomic E-state index is -0.639. The topological polar surface area (TPSA) is 130 Å². The molecule has 188 valence electrons. The third kappa shape index (κ3) is 4.42. The van der Waals surface area contributed by atoms with E-state index in [9.17, 15) is 10.1 Å². The van der Waals surface area contributed by atoms with Gasteiger partial charge in [0.25, 0.3) is 0 Å². The number of nitrogens with one attached hydrogen (secondary N) is 1. The Balaban J connectivity index is 1.60. The first kappa shape index (κ1) is 24.1. The summed E-state index contributed by atoms with van der Waals surface area (Å²) in [6.45, 7) is 4.47. The van der Waals surface area contributed by atoms with Gasteiger partial charge in [-0.25, -0.2) is 5.10 Å². The number of H-pyrrole nitrogens is 1. The van der Waals surface area contributed by atoms with E-state index in [0.29, 0.717) is 42.5 Å². The maximum atomic E-state index is 13.6. The summed E-state index contributed by atoms with van der Waals surface area (Å²) in [5, 5.41) is 17.0. The SMILES string of the molecule is COc1cc([C@H]2C(C#N)=C(N)N(c3ncn[nH]3)C3=C2C(=O)CC(C)(C)C3)ccc1OCc1ccccc1. The lowest BCUT2D eigenvalue weighted by Crippen LogP contribution is -2.42. The van der Waals surface area contributed by atoms with Gasteiger partial charge in [-0.3, -0.25) is 9.69 Å². The smallest absolute Gasteiger partial charge is 0.231 e. The molecule has 2 aliphatic rings. The van der Waals surface area contributed by atoms with E-state index in [1.807, 2.05) is 62.4 Å². The van der Waals surface area contributed by atoms with Crippen LogP contribution in [0.15, 0.2) is 77.5 Å². The van der Waals surface area contributed by atoms with Gasteiger partial charge in [-0.2, -0.15) is 15.3 Å².